The Morgan fingerprint density at radius 3 is 2.67 bits per heavy atom. The summed E-state index contributed by atoms with van der Waals surface area (Å²) in [6, 6.07) is 8.25. The molecular weight excluding hydrogens is 341 g/mol. The molecule has 2 atom stereocenters. The largest absolute Gasteiger partial charge is 0.393 e. The van der Waals surface area contributed by atoms with Crippen LogP contribution in [0.3, 0.4) is 0 Å². The first-order chi connectivity index (χ1) is 10.9. The van der Waals surface area contributed by atoms with Crippen LogP contribution < -0.4 is 10.6 Å². The molecule has 0 radical (unpaired) electrons. The van der Waals surface area contributed by atoms with Crippen molar-refractivity contribution in [2.75, 3.05) is 18.0 Å². The van der Waals surface area contributed by atoms with E-state index in [-0.39, 0.29) is 25.4 Å². The first-order valence-electron chi connectivity index (χ1n) is 7.25. The second kappa shape index (κ2) is 6.83. The highest BCUT2D eigenvalue weighted by Crippen LogP contribution is 2.36. The monoisotopic (exact) mass is 356 g/mol. The number of halogens is 4. The van der Waals surface area contributed by atoms with Crippen molar-refractivity contribution in [2.45, 2.75) is 18.6 Å². The number of piperidine rings is 1. The molecule has 0 unspecified atom stereocenters. The average molecular weight is 357 g/mol. The number of benzene rings is 1. The SMILES string of the molecule is Cl.N#Cc1ccc(N2C[C@H](N)C[C@H](C(F)(F)F)C2)c2cccnc12. The lowest BCUT2D eigenvalue weighted by molar-refractivity contribution is -0.177. The minimum Gasteiger partial charge on any atom is -0.369 e. The smallest absolute Gasteiger partial charge is 0.369 e. The molecule has 0 bridgehead atoms. The van der Waals surface area contributed by atoms with Gasteiger partial charge < -0.3 is 10.6 Å². The molecule has 2 aromatic rings. The zero-order valence-corrected chi connectivity index (χ0v) is 13.4. The van der Waals surface area contributed by atoms with Crippen molar-refractivity contribution >= 4 is 29.0 Å². The molecule has 1 aromatic carbocycles. The molecule has 0 spiro atoms. The van der Waals surface area contributed by atoms with Gasteiger partial charge in [0.2, 0.25) is 0 Å². The fourth-order valence-electron chi connectivity index (χ4n) is 3.10. The quantitative estimate of drug-likeness (QED) is 0.851. The normalized spacial score (nSPS) is 21.2. The fourth-order valence-corrected chi connectivity index (χ4v) is 3.10. The van der Waals surface area contributed by atoms with E-state index >= 15 is 0 Å². The van der Waals surface area contributed by atoms with Gasteiger partial charge in [0.25, 0.3) is 0 Å². The molecular formula is C16H16ClF3N4. The molecule has 0 saturated carbocycles. The standard InChI is InChI=1S/C16H15F3N4.ClH/c17-16(18,19)11-6-12(21)9-23(8-11)14-4-3-10(7-20)15-13(14)2-1-5-22-15;/h1-5,11-12H,6,8-9,21H2;1H/t11-,12+;/m0./s1. The van der Waals surface area contributed by atoms with Crippen molar-refractivity contribution in [3.8, 4) is 6.07 Å². The number of aromatic nitrogens is 1. The summed E-state index contributed by atoms with van der Waals surface area (Å²) >= 11 is 0. The molecule has 128 valence electrons. The number of fused-ring (bicyclic) bond motifs is 1. The maximum Gasteiger partial charge on any atom is 0.393 e. The second-order valence-corrected chi connectivity index (χ2v) is 5.78. The Labute approximate surface area is 143 Å². The van der Waals surface area contributed by atoms with Gasteiger partial charge in [0, 0.05) is 36.4 Å². The molecule has 24 heavy (non-hydrogen) atoms. The minimum atomic E-state index is -4.27. The molecule has 0 amide bonds. The zero-order valence-electron chi connectivity index (χ0n) is 12.6. The Morgan fingerprint density at radius 2 is 2.00 bits per heavy atom. The summed E-state index contributed by atoms with van der Waals surface area (Å²) in [7, 11) is 0. The van der Waals surface area contributed by atoms with E-state index in [1.165, 1.54) is 0 Å². The first-order valence-corrected chi connectivity index (χ1v) is 7.25. The summed E-state index contributed by atoms with van der Waals surface area (Å²) in [5.74, 6) is -1.45. The number of nitrogens with zero attached hydrogens (tertiary/aromatic N) is 3. The first kappa shape index (κ1) is 18.3. The van der Waals surface area contributed by atoms with Gasteiger partial charge in [-0.25, -0.2) is 0 Å². The average Bonchev–Trinajstić information content (AvgIpc) is 2.52. The summed E-state index contributed by atoms with van der Waals surface area (Å²) in [5, 5.41) is 9.82. The molecule has 1 saturated heterocycles. The van der Waals surface area contributed by atoms with E-state index in [2.05, 4.69) is 11.1 Å². The van der Waals surface area contributed by atoms with Gasteiger partial charge in [0.1, 0.15) is 6.07 Å². The summed E-state index contributed by atoms with van der Waals surface area (Å²) in [6.45, 7) is 0.218. The number of hydrogen-bond donors (Lipinski definition) is 1. The highest BCUT2D eigenvalue weighted by molar-refractivity contribution is 5.95. The summed E-state index contributed by atoms with van der Waals surface area (Å²) in [4.78, 5) is 5.84. The van der Waals surface area contributed by atoms with Crippen molar-refractivity contribution in [1.82, 2.24) is 4.98 Å². The molecule has 1 aliphatic heterocycles. The summed E-state index contributed by atoms with van der Waals surface area (Å²) in [5.41, 5.74) is 7.37. The Hall–Kier alpha value is -2.04. The second-order valence-electron chi connectivity index (χ2n) is 5.78. The third-order valence-electron chi connectivity index (χ3n) is 4.15. The van der Waals surface area contributed by atoms with E-state index in [1.807, 2.05) is 0 Å². The maximum absolute atomic E-state index is 13.1. The predicted molar refractivity (Wildman–Crippen MR) is 88.1 cm³/mol. The van der Waals surface area contributed by atoms with Gasteiger partial charge in [-0.3, -0.25) is 4.98 Å². The van der Waals surface area contributed by atoms with Crippen LogP contribution >= 0.6 is 12.4 Å². The van der Waals surface area contributed by atoms with Crippen molar-refractivity contribution in [1.29, 1.82) is 5.26 Å². The third-order valence-corrected chi connectivity index (χ3v) is 4.15. The van der Waals surface area contributed by atoms with Crippen LogP contribution in [0.2, 0.25) is 0 Å². The van der Waals surface area contributed by atoms with Crippen molar-refractivity contribution in [3.05, 3.63) is 36.0 Å². The van der Waals surface area contributed by atoms with E-state index in [0.29, 0.717) is 28.7 Å². The number of alkyl halides is 3. The van der Waals surface area contributed by atoms with Crippen molar-refractivity contribution < 1.29 is 13.2 Å². The number of nitriles is 1. The highest BCUT2D eigenvalue weighted by atomic mass is 35.5. The summed E-state index contributed by atoms with van der Waals surface area (Å²) in [6.07, 6.45) is -2.77. The van der Waals surface area contributed by atoms with Gasteiger partial charge >= 0.3 is 6.18 Å². The fraction of sp³-hybridized carbons (Fsp3) is 0.375. The van der Waals surface area contributed by atoms with Gasteiger partial charge in [-0.15, -0.1) is 12.4 Å². The predicted octanol–water partition coefficient (Wildman–Crippen LogP) is 3.24. The van der Waals surface area contributed by atoms with Crippen LogP contribution in [0.15, 0.2) is 30.5 Å². The molecule has 1 aromatic heterocycles. The number of anilines is 1. The molecule has 2 N–H and O–H groups in total. The van der Waals surface area contributed by atoms with Gasteiger partial charge in [0.15, 0.2) is 0 Å². The topological polar surface area (TPSA) is 65.9 Å². The van der Waals surface area contributed by atoms with Crippen molar-refractivity contribution in [2.24, 2.45) is 11.7 Å². The number of nitrogens with two attached hydrogens (primary N) is 1. The van der Waals surface area contributed by atoms with Gasteiger partial charge in [-0.2, -0.15) is 18.4 Å². The van der Waals surface area contributed by atoms with Crippen LogP contribution in [0.4, 0.5) is 18.9 Å². The molecule has 3 rings (SSSR count). The van der Waals surface area contributed by atoms with E-state index in [9.17, 15) is 13.2 Å². The van der Waals surface area contributed by atoms with Crippen LogP contribution in [-0.4, -0.2) is 30.3 Å². The van der Waals surface area contributed by atoms with E-state index in [0.717, 1.165) is 0 Å². The van der Waals surface area contributed by atoms with Gasteiger partial charge in [0.05, 0.1) is 17.0 Å². The van der Waals surface area contributed by atoms with E-state index in [1.54, 1.807) is 35.4 Å². The van der Waals surface area contributed by atoms with Crippen LogP contribution in [0, 0.1) is 17.2 Å². The van der Waals surface area contributed by atoms with Crippen LogP contribution in [0.5, 0.6) is 0 Å². The zero-order chi connectivity index (χ0) is 16.6. The van der Waals surface area contributed by atoms with Crippen LogP contribution in [-0.2, 0) is 0 Å². The Bertz CT molecular complexity index is 772. The van der Waals surface area contributed by atoms with E-state index < -0.39 is 18.1 Å². The molecule has 1 aliphatic rings. The number of rotatable bonds is 1. The number of hydrogen-bond acceptors (Lipinski definition) is 4. The molecule has 1 fully saturated rings. The molecule has 8 heteroatoms. The van der Waals surface area contributed by atoms with E-state index in [4.69, 9.17) is 11.0 Å². The lowest BCUT2D eigenvalue weighted by Crippen LogP contribution is -2.51. The lowest BCUT2D eigenvalue weighted by Gasteiger charge is -2.38. The lowest BCUT2D eigenvalue weighted by atomic mass is 9.93. The Kier molecular flexibility index (Phi) is 5.21. The van der Waals surface area contributed by atoms with Crippen molar-refractivity contribution in [3.63, 3.8) is 0 Å². The number of pyridine rings is 1. The molecule has 0 aliphatic carbocycles. The minimum absolute atomic E-state index is 0. The Morgan fingerprint density at radius 1 is 1.25 bits per heavy atom. The summed E-state index contributed by atoms with van der Waals surface area (Å²) < 4.78 is 39.3. The highest BCUT2D eigenvalue weighted by Gasteiger charge is 2.44. The third kappa shape index (κ3) is 3.40. The van der Waals surface area contributed by atoms with Gasteiger partial charge in [-0.1, -0.05) is 0 Å². The Balaban J connectivity index is 0.00000208. The van der Waals surface area contributed by atoms with Crippen LogP contribution in [0.1, 0.15) is 12.0 Å². The maximum atomic E-state index is 13.1. The van der Waals surface area contributed by atoms with Crippen LogP contribution in [0.25, 0.3) is 10.9 Å². The molecule has 2 heterocycles. The molecule has 4 nitrogen and oxygen atoms in total. The van der Waals surface area contributed by atoms with Gasteiger partial charge in [-0.05, 0) is 30.7 Å².